The summed E-state index contributed by atoms with van der Waals surface area (Å²) in [6, 6.07) is 2.80. The van der Waals surface area contributed by atoms with E-state index in [-0.39, 0.29) is 0 Å². The number of hydrogen-bond donors (Lipinski definition) is 2. The number of thiophene rings is 1. The number of aryl methyl sites for hydroxylation is 1. The first kappa shape index (κ1) is 14.7. The third-order valence-corrected chi connectivity index (χ3v) is 6.71. The number of anilines is 2. The molecule has 0 saturated carbocycles. The van der Waals surface area contributed by atoms with Crippen LogP contribution in [0.15, 0.2) is 11.4 Å². The van der Waals surface area contributed by atoms with Crippen LogP contribution in [0, 0.1) is 5.92 Å². The molecule has 0 amide bonds. The molecule has 3 N–H and O–H groups in total. The van der Waals surface area contributed by atoms with Crippen LogP contribution < -0.4 is 16.0 Å². The van der Waals surface area contributed by atoms with Crippen molar-refractivity contribution in [1.29, 1.82) is 0 Å². The van der Waals surface area contributed by atoms with E-state index in [1.54, 1.807) is 0 Å². The SMILES string of the molecule is Nc1nc2c(c(N3CC4CCCNC4C3)n1)CCCc1sccc1-2. The molecule has 2 fully saturated rings. The van der Waals surface area contributed by atoms with Gasteiger partial charge in [-0.15, -0.1) is 11.3 Å². The first-order valence-corrected chi connectivity index (χ1v) is 9.89. The van der Waals surface area contributed by atoms with Gasteiger partial charge in [0.1, 0.15) is 5.82 Å². The maximum Gasteiger partial charge on any atom is 0.222 e. The standard InChI is InChI=1S/C18H23N5S/c19-18-21-16-12-6-8-24-15(12)5-1-4-13(16)17(22-18)23-9-11-3-2-7-20-14(11)10-23/h6,8,11,14,20H,1-5,7,9-10H2,(H2,19,21,22). The van der Waals surface area contributed by atoms with Crippen LogP contribution >= 0.6 is 11.3 Å². The molecule has 2 unspecified atom stereocenters. The van der Waals surface area contributed by atoms with Crippen molar-refractivity contribution in [3.05, 3.63) is 21.9 Å². The van der Waals surface area contributed by atoms with E-state index in [0.717, 1.165) is 49.9 Å². The first-order chi connectivity index (χ1) is 11.8. The van der Waals surface area contributed by atoms with Gasteiger partial charge in [-0.25, -0.2) is 4.98 Å². The zero-order valence-corrected chi connectivity index (χ0v) is 14.6. The molecule has 1 aliphatic carbocycles. The largest absolute Gasteiger partial charge is 0.368 e. The van der Waals surface area contributed by atoms with Gasteiger partial charge in [-0.1, -0.05) is 0 Å². The van der Waals surface area contributed by atoms with E-state index < -0.39 is 0 Å². The summed E-state index contributed by atoms with van der Waals surface area (Å²) < 4.78 is 0. The van der Waals surface area contributed by atoms with E-state index >= 15 is 0 Å². The van der Waals surface area contributed by atoms with Gasteiger partial charge in [0, 0.05) is 35.1 Å². The van der Waals surface area contributed by atoms with Crippen molar-refractivity contribution in [2.45, 2.75) is 38.1 Å². The molecular formula is C18H23N5S. The molecule has 0 aromatic carbocycles. The van der Waals surface area contributed by atoms with Gasteiger partial charge in [-0.2, -0.15) is 4.98 Å². The van der Waals surface area contributed by atoms with Crippen LogP contribution in [0.2, 0.25) is 0 Å². The zero-order chi connectivity index (χ0) is 16.1. The third-order valence-electron chi connectivity index (χ3n) is 5.73. The van der Waals surface area contributed by atoms with Gasteiger partial charge in [0.2, 0.25) is 5.95 Å². The molecule has 24 heavy (non-hydrogen) atoms. The lowest BCUT2D eigenvalue weighted by Crippen LogP contribution is -2.40. The average Bonchev–Trinajstić information content (AvgIpc) is 3.18. The summed E-state index contributed by atoms with van der Waals surface area (Å²) in [5.74, 6) is 2.24. The number of nitrogens with zero attached hydrogens (tertiary/aromatic N) is 3. The summed E-state index contributed by atoms with van der Waals surface area (Å²) in [5, 5.41) is 5.86. The zero-order valence-electron chi connectivity index (χ0n) is 13.8. The van der Waals surface area contributed by atoms with E-state index in [1.165, 1.54) is 35.3 Å². The monoisotopic (exact) mass is 341 g/mol. The fraction of sp³-hybridized carbons (Fsp3) is 0.556. The molecule has 6 heteroatoms. The van der Waals surface area contributed by atoms with Gasteiger partial charge in [0.15, 0.2) is 0 Å². The number of aromatic nitrogens is 2. The van der Waals surface area contributed by atoms with Gasteiger partial charge in [-0.3, -0.25) is 0 Å². The summed E-state index contributed by atoms with van der Waals surface area (Å²) in [4.78, 5) is 13.2. The van der Waals surface area contributed by atoms with Crippen molar-refractivity contribution in [3.8, 4) is 11.3 Å². The van der Waals surface area contributed by atoms with Gasteiger partial charge >= 0.3 is 0 Å². The first-order valence-electron chi connectivity index (χ1n) is 9.01. The maximum absolute atomic E-state index is 6.11. The molecule has 5 rings (SSSR count). The molecule has 3 aliphatic rings. The van der Waals surface area contributed by atoms with Crippen LogP contribution in [0.5, 0.6) is 0 Å². The van der Waals surface area contributed by atoms with Crippen molar-refractivity contribution < 1.29 is 0 Å². The van der Waals surface area contributed by atoms with E-state index in [1.807, 2.05) is 11.3 Å². The van der Waals surface area contributed by atoms with Gasteiger partial charge in [0.25, 0.3) is 0 Å². The molecule has 4 heterocycles. The number of piperidine rings is 1. The van der Waals surface area contributed by atoms with Crippen LogP contribution in [-0.2, 0) is 12.8 Å². The Kier molecular flexibility index (Phi) is 3.49. The highest BCUT2D eigenvalue weighted by Gasteiger charge is 2.36. The topological polar surface area (TPSA) is 67.1 Å². The number of nitrogens with two attached hydrogens (primary N) is 1. The van der Waals surface area contributed by atoms with Crippen molar-refractivity contribution >= 4 is 23.1 Å². The number of fused-ring (bicyclic) bond motifs is 4. The van der Waals surface area contributed by atoms with E-state index in [0.29, 0.717) is 12.0 Å². The summed E-state index contributed by atoms with van der Waals surface area (Å²) in [5.41, 5.74) is 9.77. The molecule has 2 aromatic heterocycles. The predicted molar refractivity (Wildman–Crippen MR) is 98.5 cm³/mol. The number of rotatable bonds is 1. The van der Waals surface area contributed by atoms with Crippen molar-refractivity contribution in [1.82, 2.24) is 15.3 Å². The molecule has 0 bridgehead atoms. The quantitative estimate of drug-likeness (QED) is 0.834. The molecule has 126 valence electrons. The molecule has 2 saturated heterocycles. The molecule has 0 radical (unpaired) electrons. The third kappa shape index (κ3) is 2.31. The Labute approximate surface area is 146 Å². The van der Waals surface area contributed by atoms with E-state index in [4.69, 9.17) is 10.7 Å². The van der Waals surface area contributed by atoms with Crippen molar-refractivity contribution in [2.24, 2.45) is 5.92 Å². The van der Waals surface area contributed by atoms with Gasteiger partial charge in [0.05, 0.1) is 5.69 Å². The molecule has 2 atom stereocenters. The fourth-order valence-corrected chi connectivity index (χ4v) is 5.52. The number of nitrogens with one attached hydrogen (secondary N) is 1. The summed E-state index contributed by atoms with van der Waals surface area (Å²) in [7, 11) is 0. The van der Waals surface area contributed by atoms with Crippen LogP contribution in [0.1, 0.15) is 29.7 Å². The molecule has 2 aromatic rings. The number of hydrogen-bond acceptors (Lipinski definition) is 6. The van der Waals surface area contributed by atoms with Crippen molar-refractivity contribution in [2.75, 3.05) is 30.3 Å². The Morgan fingerprint density at radius 1 is 1.21 bits per heavy atom. The van der Waals surface area contributed by atoms with Crippen LogP contribution in [-0.4, -0.2) is 35.6 Å². The summed E-state index contributed by atoms with van der Waals surface area (Å²) in [6.45, 7) is 3.29. The fourth-order valence-electron chi connectivity index (χ4n) is 4.59. The Bertz CT molecular complexity index is 757. The Morgan fingerprint density at radius 3 is 3.08 bits per heavy atom. The summed E-state index contributed by atoms with van der Waals surface area (Å²) >= 11 is 1.84. The minimum absolute atomic E-state index is 0.408. The van der Waals surface area contributed by atoms with E-state index in [9.17, 15) is 0 Å². The number of nitrogen functional groups attached to an aromatic ring is 1. The Hall–Kier alpha value is -1.66. The maximum atomic E-state index is 6.11. The normalized spacial score (nSPS) is 25.8. The van der Waals surface area contributed by atoms with Crippen LogP contribution in [0.3, 0.4) is 0 Å². The highest BCUT2D eigenvalue weighted by atomic mass is 32.1. The minimum atomic E-state index is 0.408. The lowest BCUT2D eigenvalue weighted by molar-refractivity contribution is 0.340. The van der Waals surface area contributed by atoms with E-state index in [2.05, 4.69) is 26.6 Å². The second kappa shape index (κ2) is 5.70. The molecule has 0 spiro atoms. The van der Waals surface area contributed by atoms with Gasteiger partial charge in [-0.05, 0) is 56.0 Å². The molecule has 5 nitrogen and oxygen atoms in total. The highest BCUT2D eigenvalue weighted by Crippen LogP contribution is 2.39. The second-order valence-corrected chi connectivity index (χ2v) is 8.21. The highest BCUT2D eigenvalue weighted by molar-refractivity contribution is 7.10. The predicted octanol–water partition coefficient (Wildman–Crippen LogP) is 2.46. The Morgan fingerprint density at radius 2 is 2.17 bits per heavy atom. The molecular weight excluding hydrogens is 318 g/mol. The summed E-state index contributed by atoms with van der Waals surface area (Å²) in [6.07, 6.45) is 5.96. The van der Waals surface area contributed by atoms with Crippen LogP contribution in [0.4, 0.5) is 11.8 Å². The second-order valence-electron chi connectivity index (χ2n) is 7.21. The minimum Gasteiger partial charge on any atom is -0.368 e. The van der Waals surface area contributed by atoms with Crippen molar-refractivity contribution in [3.63, 3.8) is 0 Å². The lowest BCUT2D eigenvalue weighted by Gasteiger charge is -2.24. The van der Waals surface area contributed by atoms with Crippen LogP contribution in [0.25, 0.3) is 11.3 Å². The average molecular weight is 341 g/mol. The Balaban J connectivity index is 1.58. The van der Waals surface area contributed by atoms with Gasteiger partial charge < -0.3 is 16.0 Å². The molecule has 2 aliphatic heterocycles. The lowest BCUT2D eigenvalue weighted by atomic mass is 9.94. The smallest absolute Gasteiger partial charge is 0.222 e.